The first kappa shape index (κ1) is 26.4. The van der Waals surface area contributed by atoms with Crippen molar-refractivity contribution in [1.29, 1.82) is 0 Å². The number of benzene rings is 2. The van der Waals surface area contributed by atoms with E-state index < -0.39 is 23.5 Å². The molecule has 3 N–H and O–H groups in total. The van der Waals surface area contributed by atoms with Crippen molar-refractivity contribution in [2.45, 2.75) is 18.1 Å². The number of carbonyl (C=O) groups is 1. The molecule has 0 spiro atoms. The molecule has 2 aliphatic heterocycles. The maximum Gasteiger partial charge on any atom is 0.421 e. The number of rotatable bonds is 9. The van der Waals surface area contributed by atoms with Gasteiger partial charge >= 0.3 is 6.18 Å². The SMILES string of the molecule is C=CC(=O)Nc1cccc(Nc2nc(Nc3ccc(C4CN(C5COC5)C4)cc3OC)ncc2C(F)(F)F)c1. The van der Waals surface area contributed by atoms with E-state index in [-0.39, 0.29) is 11.6 Å². The van der Waals surface area contributed by atoms with Crippen LogP contribution < -0.4 is 20.7 Å². The summed E-state index contributed by atoms with van der Waals surface area (Å²) in [6.45, 7) is 6.83. The first-order valence-corrected chi connectivity index (χ1v) is 12.2. The number of carbonyl (C=O) groups excluding carboxylic acids is 1. The summed E-state index contributed by atoms with van der Waals surface area (Å²) in [6.07, 6.45) is -2.89. The quantitative estimate of drug-likeness (QED) is 0.329. The van der Waals surface area contributed by atoms with Crippen molar-refractivity contribution in [3.05, 3.63) is 72.4 Å². The van der Waals surface area contributed by atoms with E-state index >= 15 is 0 Å². The van der Waals surface area contributed by atoms with E-state index in [1.54, 1.807) is 18.2 Å². The van der Waals surface area contributed by atoms with Crippen molar-refractivity contribution >= 4 is 34.7 Å². The molecule has 1 amide bonds. The number of halogens is 3. The summed E-state index contributed by atoms with van der Waals surface area (Å²) < 4.78 is 52.1. The number of aromatic nitrogens is 2. The van der Waals surface area contributed by atoms with Gasteiger partial charge in [0.05, 0.1) is 32.1 Å². The van der Waals surface area contributed by atoms with Gasteiger partial charge in [0.15, 0.2) is 0 Å². The molecule has 204 valence electrons. The monoisotopic (exact) mass is 540 g/mol. The summed E-state index contributed by atoms with van der Waals surface area (Å²) in [5.41, 5.74) is 1.27. The molecule has 9 nitrogen and oxygen atoms in total. The van der Waals surface area contributed by atoms with Crippen molar-refractivity contribution in [2.75, 3.05) is 49.4 Å². The molecule has 2 aromatic carbocycles. The lowest BCUT2D eigenvalue weighted by Gasteiger charge is -2.47. The Kier molecular flexibility index (Phi) is 7.40. The molecule has 0 atom stereocenters. The molecule has 12 heteroatoms. The third-order valence-electron chi connectivity index (χ3n) is 6.66. The second-order valence-electron chi connectivity index (χ2n) is 9.28. The molecule has 3 heterocycles. The van der Waals surface area contributed by atoms with E-state index in [4.69, 9.17) is 9.47 Å². The van der Waals surface area contributed by atoms with Crippen molar-refractivity contribution in [3.8, 4) is 5.75 Å². The van der Waals surface area contributed by atoms with Gasteiger partial charge in [-0.05, 0) is 42.0 Å². The summed E-state index contributed by atoms with van der Waals surface area (Å²) in [5.74, 6) is -0.0377. The molecular formula is C27H27F3N6O3. The van der Waals surface area contributed by atoms with Gasteiger partial charge in [0.25, 0.3) is 0 Å². The maximum absolute atomic E-state index is 13.7. The topological polar surface area (TPSA) is 101 Å². The van der Waals surface area contributed by atoms with Crippen LogP contribution in [-0.4, -0.2) is 60.2 Å². The Bertz CT molecular complexity index is 1370. The van der Waals surface area contributed by atoms with Crippen molar-refractivity contribution in [3.63, 3.8) is 0 Å². The van der Waals surface area contributed by atoms with Crippen LogP contribution >= 0.6 is 0 Å². The molecule has 0 radical (unpaired) electrons. The zero-order valence-corrected chi connectivity index (χ0v) is 21.1. The van der Waals surface area contributed by atoms with Crippen LogP contribution in [0.3, 0.4) is 0 Å². The lowest BCUT2D eigenvalue weighted by atomic mass is 9.89. The molecule has 0 unspecified atom stereocenters. The van der Waals surface area contributed by atoms with E-state index in [9.17, 15) is 18.0 Å². The second kappa shape index (κ2) is 10.9. The minimum atomic E-state index is -4.70. The molecule has 0 saturated carbocycles. The number of hydrogen-bond acceptors (Lipinski definition) is 8. The Hall–Kier alpha value is -4.16. The van der Waals surface area contributed by atoms with Crippen LogP contribution in [0, 0.1) is 0 Å². The molecule has 2 fully saturated rings. The van der Waals surface area contributed by atoms with Crippen LogP contribution in [0.5, 0.6) is 5.75 Å². The van der Waals surface area contributed by atoms with Crippen molar-refractivity contribution in [1.82, 2.24) is 14.9 Å². The standard InChI is InChI=1S/C27H27F3N6O3/c1-3-24(37)32-18-5-4-6-19(10-18)33-25-21(27(28,29)30)11-31-26(35-25)34-22-8-7-16(9-23(22)38-2)17-12-36(13-17)20-14-39-15-20/h3-11,17,20H,1,12-15H2,2H3,(H,32,37)(H2,31,33,34,35). The average Bonchev–Trinajstić information content (AvgIpc) is 2.84. The van der Waals surface area contributed by atoms with Crippen LogP contribution in [0.15, 0.2) is 61.3 Å². The number of amides is 1. The highest BCUT2D eigenvalue weighted by atomic mass is 19.4. The summed E-state index contributed by atoms with van der Waals surface area (Å²) in [7, 11) is 1.53. The van der Waals surface area contributed by atoms with Crippen LogP contribution in [0.4, 0.5) is 42.0 Å². The molecule has 0 bridgehead atoms. The lowest BCUT2D eigenvalue weighted by molar-refractivity contribution is -0.137. The normalized spacial score (nSPS) is 16.1. The molecule has 39 heavy (non-hydrogen) atoms. The summed E-state index contributed by atoms with van der Waals surface area (Å²) in [6, 6.07) is 12.4. The van der Waals surface area contributed by atoms with Gasteiger partial charge in [-0.1, -0.05) is 18.7 Å². The first-order valence-electron chi connectivity index (χ1n) is 12.2. The molecule has 2 aliphatic rings. The highest BCUT2D eigenvalue weighted by Gasteiger charge is 2.37. The van der Waals surface area contributed by atoms with Crippen molar-refractivity contribution < 1.29 is 27.4 Å². The third kappa shape index (κ3) is 5.96. The average molecular weight is 541 g/mol. The molecule has 5 rings (SSSR count). The number of anilines is 5. The predicted molar refractivity (Wildman–Crippen MR) is 141 cm³/mol. The van der Waals surface area contributed by atoms with E-state index in [2.05, 4.69) is 37.4 Å². The number of nitrogens with zero attached hydrogens (tertiary/aromatic N) is 3. The summed E-state index contributed by atoms with van der Waals surface area (Å²) >= 11 is 0. The fraction of sp³-hybridized carbons (Fsp3) is 0.296. The van der Waals surface area contributed by atoms with Gasteiger partial charge in [-0.15, -0.1) is 0 Å². The molecule has 0 aliphatic carbocycles. The molecular weight excluding hydrogens is 513 g/mol. The van der Waals surface area contributed by atoms with Gasteiger partial charge in [-0.3, -0.25) is 9.69 Å². The van der Waals surface area contributed by atoms with Gasteiger partial charge < -0.3 is 25.4 Å². The van der Waals surface area contributed by atoms with E-state index in [1.807, 2.05) is 18.2 Å². The van der Waals surface area contributed by atoms with Crippen LogP contribution in [-0.2, 0) is 15.7 Å². The number of likely N-dealkylation sites (tertiary alicyclic amines) is 1. The number of methoxy groups -OCH3 is 1. The number of alkyl halides is 3. The van der Waals surface area contributed by atoms with Gasteiger partial charge in [-0.2, -0.15) is 18.2 Å². The Morgan fingerprint density at radius 3 is 2.59 bits per heavy atom. The van der Waals surface area contributed by atoms with Gasteiger partial charge in [0.1, 0.15) is 17.1 Å². The first-order chi connectivity index (χ1) is 18.7. The maximum atomic E-state index is 13.7. The number of ether oxygens (including phenoxy) is 2. The number of hydrogen-bond donors (Lipinski definition) is 3. The smallest absolute Gasteiger partial charge is 0.421 e. The van der Waals surface area contributed by atoms with E-state index in [0.29, 0.717) is 29.1 Å². The van der Waals surface area contributed by atoms with E-state index in [1.165, 1.54) is 13.2 Å². The fourth-order valence-corrected chi connectivity index (χ4v) is 4.39. The lowest BCUT2D eigenvalue weighted by Crippen LogP contribution is -2.58. The minimum absolute atomic E-state index is 0.0486. The Morgan fingerprint density at radius 1 is 1.15 bits per heavy atom. The Morgan fingerprint density at radius 2 is 1.92 bits per heavy atom. The van der Waals surface area contributed by atoms with Gasteiger partial charge in [-0.25, -0.2) is 4.98 Å². The Labute approximate surface area is 223 Å². The predicted octanol–water partition coefficient (Wildman–Crippen LogP) is 4.91. The highest BCUT2D eigenvalue weighted by molar-refractivity contribution is 5.99. The zero-order chi connectivity index (χ0) is 27.6. The Balaban J connectivity index is 1.35. The zero-order valence-electron chi connectivity index (χ0n) is 21.1. The van der Waals surface area contributed by atoms with Crippen LogP contribution in [0.2, 0.25) is 0 Å². The van der Waals surface area contributed by atoms with Crippen molar-refractivity contribution in [2.24, 2.45) is 0 Å². The van der Waals surface area contributed by atoms with Crippen LogP contribution in [0.25, 0.3) is 0 Å². The highest BCUT2D eigenvalue weighted by Crippen LogP contribution is 2.38. The minimum Gasteiger partial charge on any atom is -0.495 e. The molecule has 3 aromatic rings. The second-order valence-corrected chi connectivity index (χ2v) is 9.28. The largest absolute Gasteiger partial charge is 0.495 e. The number of nitrogens with one attached hydrogen (secondary N) is 3. The molecule has 2 saturated heterocycles. The van der Waals surface area contributed by atoms with Gasteiger partial charge in [0.2, 0.25) is 11.9 Å². The third-order valence-corrected chi connectivity index (χ3v) is 6.66. The van der Waals surface area contributed by atoms with Crippen LogP contribution in [0.1, 0.15) is 17.0 Å². The van der Waals surface area contributed by atoms with E-state index in [0.717, 1.165) is 44.1 Å². The summed E-state index contributed by atoms with van der Waals surface area (Å²) in [4.78, 5) is 22.0. The molecule has 1 aromatic heterocycles. The van der Waals surface area contributed by atoms with Gasteiger partial charge in [0, 0.05) is 36.6 Å². The fourth-order valence-electron chi connectivity index (χ4n) is 4.39. The summed E-state index contributed by atoms with van der Waals surface area (Å²) in [5, 5.41) is 8.23.